The predicted molar refractivity (Wildman–Crippen MR) is 57.3 cm³/mol. The van der Waals surface area contributed by atoms with E-state index in [2.05, 4.69) is 10.5 Å². The number of hydrazone groups is 1. The van der Waals surface area contributed by atoms with Crippen LogP contribution in [0.2, 0.25) is 0 Å². The van der Waals surface area contributed by atoms with E-state index < -0.39 is 0 Å². The van der Waals surface area contributed by atoms with Crippen molar-refractivity contribution in [3.63, 3.8) is 0 Å². The molecule has 1 rings (SSSR count). The SMILES string of the molecule is CCC(C)=NNC(=O)c1ccc(F)cc1. The molecule has 0 saturated carbocycles. The van der Waals surface area contributed by atoms with Crippen molar-refractivity contribution < 1.29 is 9.18 Å². The molecule has 0 aliphatic heterocycles. The summed E-state index contributed by atoms with van der Waals surface area (Å²) < 4.78 is 12.6. The van der Waals surface area contributed by atoms with Crippen molar-refractivity contribution in [1.82, 2.24) is 5.43 Å². The fourth-order valence-corrected chi connectivity index (χ4v) is 0.891. The lowest BCUT2D eigenvalue weighted by atomic mass is 10.2. The molecule has 0 aliphatic rings. The molecule has 0 unspecified atom stereocenters. The lowest BCUT2D eigenvalue weighted by Crippen LogP contribution is -2.18. The molecule has 3 nitrogen and oxygen atoms in total. The number of benzene rings is 1. The van der Waals surface area contributed by atoms with Gasteiger partial charge in [0.1, 0.15) is 5.82 Å². The topological polar surface area (TPSA) is 41.5 Å². The Kier molecular flexibility index (Phi) is 3.97. The number of carbonyl (C=O) groups excluding carboxylic acids is 1. The normalized spacial score (nSPS) is 11.3. The van der Waals surface area contributed by atoms with E-state index in [-0.39, 0.29) is 11.7 Å². The highest BCUT2D eigenvalue weighted by molar-refractivity contribution is 5.95. The van der Waals surface area contributed by atoms with E-state index in [0.29, 0.717) is 5.56 Å². The minimum atomic E-state index is -0.361. The molecule has 0 heterocycles. The van der Waals surface area contributed by atoms with Crippen molar-refractivity contribution in [3.8, 4) is 0 Å². The average molecular weight is 208 g/mol. The first-order valence-electron chi connectivity index (χ1n) is 4.72. The van der Waals surface area contributed by atoms with Crippen LogP contribution in [0.25, 0.3) is 0 Å². The summed E-state index contributed by atoms with van der Waals surface area (Å²) in [6.45, 7) is 3.77. The van der Waals surface area contributed by atoms with Crippen molar-refractivity contribution >= 4 is 11.6 Å². The van der Waals surface area contributed by atoms with Crippen LogP contribution >= 0.6 is 0 Å². The monoisotopic (exact) mass is 208 g/mol. The molecular weight excluding hydrogens is 195 g/mol. The van der Waals surface area contributed by atoms with Crippen LogP contribution < -0.4 is 5.43 Å². The van der Waals surface area contributed by atoms with Crippen LogP contribution in [0.5, 0.6) is 0 Å². The molecule has 80 valence electrons. The maximum atomic E-state index is 12.6. The highest BCUT2D eigenvalue weighted by Gasteiger charge is 2.03. The van der Waals surface area contributed by atoms with Gasteiger partial charge >= 0.3 is 0 Å². The second-order valence-corrected chi connectivity index (χ2v) is 3.15. The Morgan fingerprint density at radius 3 is 2.53 bits per heavy atom. The highest BCUT2D eigenvalue weighted by Crippen LogP contribution is 2.02. The number of hydrogen-bond acceptors (Lipinski definition) is 2. The van der Waals surface area contributed by atoms with Crippen molar-refractivity contribution in [2.45, 2.75) is 20.3 Å². The zero-order valence-corrected chi connectivity index (χ0v) is 8.75. The standard InChI is InChI=1S/C11H13FN2O/c1-3-8(2)13-14-11(15)9-4-6-10(12)7-5-9/h4-7H,3H2,1-2H3,(H,14,15). The number of amides is 1. The fourth-order valence-electron chi connectivity index (χ4n) is 0.891. The van der Waals surface area contributed by atoms with Crippen LogP contribution in [0.1, 0.15) is 30.6 Å². The van der Waals surface area contributed by atoms with E-state index in [9.17, 15) is 9.18 Å². The summed E-state index contributed by atoms with van der Waals surface area (Å²) in [5, 5.41) is 3.86. The van der Waals surface area contributed by atoms with Gasteiger partial charge < -0.3 is 0 Å². The Bertz CT molecular complexity index is 371. The molecule has 0 saturated heterocycles. The van der Waals surface area contributed by atoms with E-state index in [0.717, 1.165) is 12.1 Å². The summed E-state index contributed by atoms with van der Waals surface area (Å²) in [5.74, 6) is -0.692. The van der Waals surface area contributed by atoms with Crippen LogP contribution in [0.3, 0.4) is 0 Å². The van der Waals surface area contributed by atoms with Crippen molar-refractivity contribution in [2.75, 3.05) is 0 Å². The second kappa shape index (κ2) is 5.24. The zero-order chi connectivity index (χ0) is 11.3. The Morgan fingerprint density at radius 2 is 2.00 bits per heavy atom. The highest BCUT2D eigenvalue weighted by atomic mass is 19.1. The minimum absolute atomic E-state index is 0.331. The summed E-state index contributed by atoms with van der Waals surface area (Å²) >= 11 is 0. The van der Waals surface area contributed by atoms with Crippen molar-refractivity contribution in [1.29, 1.82) is 0 Å². The quantitative estimate of drug-likeness (QED) is 0.601. The van der Waals surface area contributed by atoms with Crippen molar-refractivity contribution in [3.05, 3.63) is 35.6 Å². The molecule has 0 bridgehead atoms. The van der Waals surface area contributed by atoms with Gasteiger partial charge in [0.15, 0.2) is 0 Å². The molecule has 1 amide bonds. The van der Waals surface area contributed by atoms with Gasteiger partial charge in [0, 0.05) is 11.3 Å². The third-order valence-corrected chi connectivity index (χ3v) is 1.97. The first-order valence-corrected chi connectivity index (χ1v) is 4.72. The molecular formula is C11H13FN2O. The molecule has 0 aliphatic carbocycles. The molecule has 15 heavy (non-hydrogen) atoms. The number of carbonyl (C=O) groups is 1. The first kappa shape index (κ1) is 11.4. The molecule has 1 N–H and O–H groups in total. The summed E-state index contributed by atoms with van der Waals surface area (Å²) in [4.78, 5) is 11.4. The predicted octanol–water partition coefficient (Wildman–Crippen LogP) is 2.34. The van der Waals surface area contributed by atoms with Crippen LogP contribution in [-0.2, 0) is 0 Å². The van der Waals surface area contributed by atoms with Gasteiger partial charge in [0.2, 0.25) is 0 Å². The van der Waals surface area contributed by atoms with E-state index in [4.69, 9.17) is 0 Å². The fraction of sp³-hybridized carbons (Fsp3) is 0.273. The number of nitrogens with one attached hydrogen (secondary N) is 1. The minimum Gasteiger partial charge on any atom is -0.267 e. The van der Waals surface area contributed by atoms with Crippen LogP contribution in [0, 0.1) is 5.82 Å². The number of halogens is 1. The Labute approximate surface area is 88.0 Å². The van der Waals surface area contributed by atoms with Crippen LogP contribution in [-0.4, -0.2) is 11.6 Å². The summed E-state index contributed by atoms with van der Waals surface area (Å²) in [7, 11) is 0. The Balaban J connectivity index is 2.66. The maximum Gasteiger partial charge on any atom is 0.271 e. The van der Waals surface area contributed by atoms with Gasteiger partial charge in [-0.1, -0.05) is 6.92 Å². The average Bonchev–Trinajstić information content (AvgIpc) is 2.26. The zero-order valence-electron chi connectivity index (χ0n) is 8.75. The summed E-state index contributed by atoms with van der Waals surface area (Å²) in [6.07, 6.45) is 0.781. The molecule has 4 heteroatoms. The Hall–Kier alpha value is -1.71. The number of rotatable bonds is 3. The van der Waals surface area contributed by atoms with Crippen molar-refractivity contribution in [2.24, 2.45) is 5.10 Å². The molecule has 0 fully saturated rings. The molecule has 1 aromatic rings. The summed E-state index contributed by atoms with van der Waals surface area (Å²) in [5.41, 5.74) is 3.63. The lowest BCUT2D eigenvalue weighted by Gasteiger charge is -2.00. The van der Waals surface area contributed by atoms with E-state index in [1.54, 1.807) is 0 Å². The van der Waals surface area contributed by atoms with Gasteiger partial charge in [-0.05, 0) is 37.6 Å². The van der Waals surface area contributed by atoms with Crippen LogP contribution in [0.4, 0.5) is 4.39 Å². The molecule has 0 atom stereocenters. The van der Waals surface area contributed by atoms with Gasteiger partial charge in [-0.3, -0.25) is 4.79 Å². The number of nitrogens with zero attached hydrogens (tertiary/aromatic N) is 1. The third kappa shape index (κ3) is 3.50. The largest absolute Gasteiger partial charge is 0.271 e. The van der Waals surface area contributed by atoms with E-state index in [1.165, 1.54) is 24.3 Å². The van der Waals surface area contributed by atoms with Crippen LogP contribution in [0.15, 0.2) is 29.4 Å². The number of hydrogen-bond donors (Lipinski definition) is 1. The second-order valence-electron chi connectivity index (χ2n) is 3.15. The van der Waals surface area contributed by atoms with Gasteiger partial charge in [-0.2, -0.15) is 5.10 Å². The van der Waals surface area contributed by atoms with Gasteiger partial charge in [-0.25, -0.2) is 9.82 Å². The molecule has 0 radical (unpaired) electrons. The van der Waals surface area contributed by atoms with E-state index >= 15 is 0 Å². The molecule has 0 aromatic heterocycles. The van der Waals surface area contributed by atoms with Gasteiger partial charge in [-0.15, -0.1) is 0 Å². The van der Waals surface area contributed by atoms with Gasteiger partial charge in [0.25, 0.3) is 5.91 Å². The third-order valence-electron chi connectivity index (χ3n) is 1.97. The lowest BCUT2D eigenvalue weighted by molar-refractivity contribution is 0.0954. The molecule has 0 spiro atoms. The van der Waals surface area contributed by atoms with E-state index in [1.807, 2.05) is 13.8 Å². The van der Waals surface area contributed by atoms with Gasteiger partial charge in [0.05, 0.1) is 0 Å². The smallest absolute Gasteiger partial charge is 0.267 e. The summed E-state index contributed by atoms with van der Waals surface area (Å²) in [6, 6.07) is 5.32. The maximum absolute atomic E-state index is 12.6. The first-order chi connectivity index (χ1) is 7.13. The molecule has 1 aromatic carbocycles. The Morgan fingerprint density at radius 1 is 1.40 bits per heavy atom.